The molecule has 1 saturated carbocycles. The summed E-state index contributed by atoms with van der Waals surface area (Å²) in [6, 6.07) is 16.9. The Bertz CT molecular complexity index is 1240. The predicted octanol–water partition coefficient (Wildman–Crippen LogP) is 3.47. The summed E-state index contributed by atoms with van der Waals surface area (Å²) in [6.45, 7) is 9.06. The number of hydrogen-bond acceptors (Lipinski definition) is 12. The zero-order chi connectivity index (χ0) is 31.8. The lowest BCUT2D eigenvalue weighted by atomic mass is 9.84. The number of rotatable bonds is 8. The molecule has 2 heterocycles. The van der Waals surface area contributed by atoms with Crippen LogP contribution in [0.1, 0.15) is 64.9 Å². The first-order chi connectivity index (χ1) is 20.7. The molecule has 0 amide bonds. The summed E-state index contributed by atoms with van der Waals surface area (Å²) < 4.78 is 47.6. The normalized spacial score (nSPS) is 29.3. The van der Waals surface area contributed by atoms with Gasteiger partial charge in [-0.05, 0) is 27.7 Å². The Labute approximate surface area is 254 Å². The zero-order valence-electron chi connectivity index (χ0n) is 25.3. The first-order valence-electron chi connectivity index (χ1n) is 14.3. The first-order valence-corrected chi connectivity index (χ1v) is 14.3. The third-order valence-corrected chi connectivity index (χ3v) is 7.33. The molecule has 2 aromatic rings. The van der Waals surface area contributed by atoms with Gasteiger partial charge >= 0.3 is 23.9 Å². The minimum Gasteiger partial charge on any atom is -0.454 e. The van der Waals surface area contributed by atoms with E-state index < -0.39 is 84.3 Å². The van der Waals surface area contributed by atoms with Crippen LogP contribution in [0.5, 0.6) is 0 Å². The monoisotopic (exact) mass is 612 g/mol. The molecule has 2 unspecified atom stereocenters. The molecule has 0 spiro atoms. The highest BCUT2D eigenvalue weighted by Gasteiger charge is 2.66. The van der Waals surface area contributed by atoms with Gasteiger partial charge in [0, 0.05) is 25.0 Å². The van der Waals surface area contributed by atoms with Gasteiger partial charge in [0.1, 0.15) is 24.4 Å². The Balaban J connectivity index is 1.47. The van der Waals surface area contributed by atoms with Crippen LogP contribution in [-0.2, 0) is 57.1 Å². The lowest BCUT2D eigenvalue weighted by Gasteiger charge is -2.42. The van der Waals surface area contributed by atoms with Crippen molar-refractivity contribution in [3.63, 3.8) is 0 Å². The topological polar surface area (TPSA) is 142 Å². The second kappa shape index (κ2) is 12.3. The van der Waals surface area contributed by atoms with E-state index in [1.54, 1.807) is 88.4 Å². The van der Waals surface area contributed by atoms with Crippen LogP contribution in [0.15, 0.2) is 60.7 Å². The largest absolute Gasteiger partial charge is 0.454 e. The number of ether oxygens (including phenoxy) is 8. The van der Waals surface area contributed by atoms with Crippen molar-refractivity contribution < 1.29 is 57.1 Å². The van der Waals surface area contributed by atoms with E-state index in [2.05, 4.69) is 0 Å². The molecule has 5 rings (SSSR count). The Morgan fingerprint density at radius 2 is 0.864 bits per heavy atom. The van der Waals surface area contributed by atoms with Crippen LogP contribution in [0, 0.1) is 0 Å². The predicted molar refractivity (Wildman–Crippen MR) is 149 cm³/mol. The summed E-state index contributed by atoms with van der Waals surface area (Å²) in [7, 11) is 0. The molecule has 3 aliphatic rings. The highest BCUT2D eigenvalue weighted by molar-refractivity contribution is 5.81. The van der Waals surface area contributed by atoms with Gasteiger partial charge in [0.25, 0.3) is 0 Å². The fourth-order valence-electron chi connectivity index (χ4n) is 5.78. The fourth-order valence-corrected chi connectivity index (χ4v) is 5.78. The van der Waals surface area contributed by atoms with Crippen molar-refractivity contribution in [2.75, 3.05) is 0 Å². The average Bonchev–Trinajstić information content (AvgIpc) is 3.47. The standard InChI is InChI=1S/C32H36O12/c1-17(33)37-21(19-13-9-7-10-14-19)29(35)39-23-25-27(43-31(3,4)41-25)24(28-26(23)42-32(5,6)44-28)40-30(36)22(38-18(2)34)20-15-11-8-12-16-20/h7-16,21-28H,1-6H3/t21-,22-,23?,24?,25-,26-,27-,28+/m0/s1. The van der Waals surface area contributed by atoms with Crippen LogP contribution in [0.2, 0.25) is 0 Å². The van der Waals surface area contributed by atoms with Gasteiger partial charge in [-0.1, -0.05) is 60.7 Å². The Morgan fingerprint density at radius 1 is 0.568 bits per heavy atom. The highest BCUT2D eigenvalue weighted by atomic mass is 16.8. The number of carbonyl (C=O) groups excluding carboxylic acids is 4. The summed E-state index contributed by atoms with van der Waals surface area (Å²) in [5, 5.41) is 0. The number of benzene rings is 2. The third-order valence-electron chi connectivity index (χ3n) is 7.33. The second-order valence-corrected chi connectivity index (χ2v) is 11.7. The molecule has 12 nitrogen and oxygen atoms in total. The van der Waals surface area contributed by atoms with E-state index in [4.69, 9.17) is 37.9 Å². The van der Waals surface area contributed by atoms with Gasteiger partial charge in [-0.15, -0.1) is 0 Å². The molecule has 236 valence electrons. The Hall–Kier alpha value is -3.84. The van der Waals surface area contributed by atoms with Crippen LogP contribution >= 0.6 is 0 Å². The van der Waals surface area contributed by atoms with Crippen molar-refractivity contribution >= 4 is 23.9 Å². The van der Waals surface area contributed by atoms with Crippen LogP contribution in [0.3, 0.4) is 0 Å². The number of fused-ring (bicyclic) bond motifs is 2. The quantitative estimate of drug-likeness (QED) is 0.318. The molecular formula is C32H36O12. The molecule has 1 aliphatic carbocycles. The van der Waals surface area contributed by atoms with E-state index in [0.717, 1.165) is 0 Å². The van der Waals surface area contributed by atoms with Crippen molar-refractivity contribution in [1.29, 1.82) is 0 Å². The summed E-state index contributed by atoms with van der Waals surface area (Å²) in [5.74, 6) is -5.42. The Kier molecular flexibility index (Phi) is 8.81. The van der Waals surface area contributed by atoms with Crippen molar-refractivity contribution in [2.45, 2.75) is 102 Å². The molecule has 3 fully saturated rings. The van der Waals surface area contributed by atoms with Crippen molar-refractivity contribution in [3.05, 3.63) is 71.8 Å². The molecule has 0 radical (unpaired) electrons. The molecule has 0 N–H and O–H groups in total. The van der Waals surface area contributed by atoms with Crippen molar-refractivity contribution in [3.8, 4) is 0 Å². The maximum atomic E-state index is 13.6. The fraction of sp³-hybridized carbons (Fsp3) is 0.500. The highest BCUT2D eigenvalue weighted by Crippen LogP contribution is 2.47. The van der Waals surface area contributed by atoms with E-state index in [-0.39, 0.29) is 0 Å². The summed E-state index contributed by atoms with van der Waals surface area (Å²) in [4.78, 5) is 51.1. The van der Waals surface area contributed by atoms with E-state index >= 15 is 0 Å². The van der Waals surface area contributed by atoms with Crippen molar-refractivity contribution in [2.24, 2.45) is 0 Å². The molecule has 2 aromatic carbocycles. The van der Waals surface area contributed by atoms with Crippen molar-refractivity contribution in [1.82, 2.24) is 0 Å². The van der Waals surface area contributed by atoms with E-state index in [9.17, 15) is 19.2 Å². The van der Waals surface area contributed by atoms with E-state index in [0.29, 0.717) is 11.1 Å². The van der Waals surface area contributed by atoms with Crippen LogP contribution in [0.25, 0.3) is 0 Å². The molecule has 0 aromatic heterocycles. The number of carbonyl (C=O) groups is 4. The molecule has 0 bridgehead atoms. The molecule has 8 atom stereocenters. The van der Waals surface area contributed by atoms with Gasteiger partial charge in [0.15, 0.2) is 23.8 Å². The maximum Gasteiger partial charge on any atom is 0.352 e. The van der Waals surface area contributed by atoms with E-state index in [1.165, 1.54) is 13.8 Å². The molecule has 12 heteroatoms. The SMILES string of the molecule is CC(=O)O[C@H](C(=O)OC1[C@H]2OC(C)(C)O[C@H]2C(OC(=O)[C@@H](OC(C)=O)c2ccccc2)[C@@H]2OC(C)(C)O[C@@H]12)c1ccccc1. The van der Waals surface area contributed by atoms with Gasteiger partial charge in [-0.3, -0.25) is 9.59 Å². The third kappa shape index (κ3) is 6.78. The minimum absolute atomic E-state index is 0.411. The molecular weight excluding hydrogens is 576 g/mol. The van der Waals surface area contributed by atoms with Gasteiger partial charge in [0.05, 0.1) is 0 Å². The average molecular weight is 613 g/mol. The lowest BCUT2D eigenvalue weighted by molar-refractivity contribution is -0.209. The maximum absolute atomic E-state index is 13.6. The van der Waals surface area contributed by atoms with Crippen LogP contribution < -0.4 is 0 Å². The molecule has 44 heavy (non-hydrogen) atoms. The smallest absolute Gasteiger partial charge is 0.352 e. The zero-order valence-corrected chi connectivity index (χ0v) is 25.3. The van der Waals surface area contributed by atoms with Gasteiger partial charge in [0.2, 0.25) is 12.2 Å². The van der Waals surface area contributed by atoms with Gasteiger partial charge in [-0.2, -0.15) is 0 Å². The van der Waals surface area contributed by atoms with Gasteiger partial charge < -0.3 is 37.9 Å². The molecule has 2 saturated heterocycles. The number of esters is 4. The van der Waals surface area contributed by atoms with Gasteiger partial charge in [-0.25, -0.2) is 9.59 Å². The second-order valence-electron chi connectivity index (χ2n) is 11.7. The van der Waals surface area contributed by atoms with Crippen LogP contribution in [0.4, 0.5) is 0 Å². The Morgan fingerprint density at radius 3 is 1.14 bits per heavy atom. The summed E-state index contributed by atoms with van der Waals surface area (Å²) >= 11 is 0. The summed E-state index contributed by atoms with van der Waals surface area (Å²) in [6.07, 6.45) is -8.88. The first kappa shape index (κ1) is 31.6. The van der Waals surface area contributed by atoms with Crippen LogP contribution in [-0.4, -0.2) is 72.1 Å². The summed E-state index contributed by atoms with van der Waals surface area (Å²) in [5.41, 5.74) is 0.822. The van der Waals surface area contributed by atoms with E-state index in [1.807, 2.05) is 0 Å². The molecule has 2 aliphatic heterocycles. The lowest BCUT2D eigenvalue weighted by Crippen LogP contribution is -2.64. The number of hydrogen-bond donors (Lipinski definition) is 0. The minimum atomic E-state index is -1.36.